The average Bonchev–Trinajstić information content (AvgIpc) is 3.16. The van der Waals surface area contributed by atoms with Gasteiger partial charge in [0.05, 0.1) is 17.3 Å². The van der Waals surface area contributed by atoms with E-state index in [0.29, 0.717) is 6.54 Å². The summed E-state index contributed by atoms with van der Waals surface area (Å²) >= 11 is 3.50. The van der Waals surface area contributed by atoms with Gasteiger partial charge in [-0.2, -0.15) is 5.10 Å². The third-order valence-corrected chi connectivity index (χ3v) is 3.97. The quantitative estimate of drug-likeness (QED) is 0.743. The first-order valence-electron chi connectivity index (χ1n) is 7.21. The molecule has 1 aromatic carbocycles. The zero-order chi connectivity index (χ0) is 16.2. The molecule has 0 saturated carbocycles. The van der Waals surface area contributed by atoms with E-state index in [1.807, 2.05) is 43.5 Å². The highest BCUT2D eigenvalue weighted by Gasteiger charge is 2.11. The Kier molecular flexibility index (Phi) is 4.62. The van der Waals surface area contributed by atoms with Crippen molar-refractivity contribution in [2.24, 2.45) is 0 Å². The SMILES string of the molecule is Cc1ccc(-c2nn(CC(=O)NCc3ccco3)cc2Br)cc1. The molecule has 0 fully saturated rings. The number of nitrogens with zero attached hydrogens (tertiary/aromatic N) is 2. The highest BCUT2D eigenvalue weighted by atomic mass is 79.9. The smallest absolute Gasteiger partial charge is 0.242 e. The van der Waals surface area contributed by atoms with Crippen LogP contribution < -0.4 is 5.32 Å². The van der Waals surface area contributed by atoms with Gasteiger partial charge >= 0.3 is 0 Å². The van der Waals surface area contributed by atoms with E-state index < -0.39 is 0 Å². The molecule has 0 saturated heterocycles. The molecule has 5 nitrogen and oxygen atoms in total. The molecule has 6 heteroatoms. The van der Waals surface area contributed by atoms with Crippen LogP contribution in [0.15, 0.2) is 57.7 Å². The van der Waals surface area contributed by atoms with Crippen molar-refractivity contribution >= 4 is 21.8 Å². The fraction of sp³-hybridized carbons (Fsp3) is 0.176. The molecule has 1 amide bonds. The molecule has 2 heterocycles. The Morgan fingerprint density at radius 1 is 1.30 bits per heavy atom. The molecular weight excluding hydrogens is 358 g/mol. The molecule has 0 atom stereocenters. The van der Waals surface area contributed by atoms with E-state index in [4.69, 9.17) is 4.42 Å². The number of aromatic nitrogens is 2. The molecule has 0 unspecified atom stereocenters. The van der Waals surface area contributed by atoms with Crippen LogP contribution in [0.25, 0.3) is 11.3 Å². The predicted molar refractivity (Wildman–Crippen MR) is 90.7 cm³/mol. The molecule has 1 N–H and O–H groups in total. The summed E-state index contributed by atoms with van der Waals surface area (Å²) in [6.07, 6.45) is 3.39. The normalized spacial score (nSPS) is 10.7. The van der Waals surface area contributed by atoms with Crippen molar-refractivity contribution in [3.05, 3.63) is 64.7 Å². The molecule has 0 aliphatic rings. The maximum atomic E-state index is 12.0. The van der Waals surface area contributed by atoms with Crippen LogP contribution in [0.1, 0.15) is 11.3 Å². The van der Waals surface area contributed by atoms with Gasteiger partial charge < -0.3 is 9.73 Å². The van der Waals surface area contributed by atoms with E-state index in [0.717, 1.165) is 21.5 Å². The van der Waals surface area contributed by atoms with Crippen molar-refractivity contribution in [3.63, 3.8) is 0 Å². The lowest BCUT2D eigenvalue weighted by molar-refractivity contribution is -0.122. The Morgan fingerprint density at radius 3 is 2.78 bits per heavy atom. The minimum Gasteiger partial charge on any atom is -0.467 e. The standard InChI is InChI=1S/C17H16BrN3O2/c1-12-4-6-13(7-5-12)17-15(18)10-21(20-17)11-16(22)19-9-14-3-2-8-23-14/h2-8,10H,9,11H2,1H3,(H,19,22). The monoisotopic (exact) mass is 373 g/mol. The minimum absolute atomic E-state index is 0.119. The van der Waals surface area contributed by atoms with Crippen molar-refractivity contribution < 1.29 is 9.21 Å². The van der Waals surface area contributed by atoms with Crippen LogP contribution in [0.4, 0.5) is 0 Å². The summed E-state index contributed by atoms with van der Waals surface area (Å²) in [5.41, 5.74) is 3.03. The van der Waals surface area contributed by atoms with Gasteiger partial charge in [0.1, 0.15) is 18.0 Å². The predicted octanol–water partition coefficient (Wildman–Crippen LogP) is 3.53. The van der Waals surface area contributed by atoms with Gasteiger partial charge in [0.25, 0.3) is 0 Å². The van der Waals surface area contributed by atoms with Crippen molar-refractivity contribution in [1.82, 2.24) is 15.1 Å². The summed E-state index contributed by atoms with van der Waals surface area (Å²) in [5.74, 6) is 0.604. The van der Waals surface area contributed by atoms with Crippen LogP contribution >= 0.6 is 15.9 Å². The van der Waals surface area contributed by atoms with Gasteiger partial charge in [-0.3, -0.25) is 9.48 Å². The molecular formula is C17H16BrN3O2. The number of aryl methyl sites for hydroxylation is 1. The fourth-order valence-corrected chi connectivity index (χ4v) is 2.73. The zero-order valence-electron chi connectivity index (χ0n) is 12.6. The van der Waals surface area contributed by atoms with E-state index in [1.54, 1.807) is 17.0 Å². The maximum absolute atomic E-state index is 12.0. The lowest BCUT2D eigenvalue weighted by Crippen LogP contribution is -2.27. The average molecular weight is 374 g/mol. The number of amides is 1. The second-order valence-electron chi connectivity index (χ2n) is 5.25. The van der Waals surface area contributed by atoms with Crippen molar-refractivity contribution in [2.45, 2.75) is 20.0 Å². The Bertz CT molecular complexity index is 792. The Balaban J connectivity index is 1.66. The Labute approximate surface area is 142 Å². The number of furan rings is 1. The lowest BCUT2D eigenvalue weighted by atomic mass is 10.1. The number of carbonyl (C=O) groups is 1. The number of benzene rings is 1. The summed E-state index contributed by atoms with van der Waals surface area (Å²) in [5, 5.41) is 7.28. The molecule has 3 rings (SSSR count). The summed E-state index contributed by atoms with van der Waals surface area (Å²) in [6, 6.07) is 11.7. The van der Waals surface area contributed by atoms with Gasteiger partial charge in [-0.05, 0) is 35.0 Å². The first-order valence-corrected chi connectivity index (χ1v) is 8.00. The first-order chi connectivity index (χ1) is 11.1. The van der Waals surface area contributed by atoms with Gasteiger partial charge in [-0.1, -0.05) is 29.8 Å². The molecule has 3 aromatic rings. The van der Waals surface area contributed by atoms with Gasteiger partial charge in [0.15, 0.2) is 0 Å². The lowest BCUT2D eigenvalue weighted by Gasteiger charge is -2.03. The van der Waals surface area contributed by atoms with E-state index in [-0.39, 0.29) is 12.5 Å². The highest BCUT2D eigenvalue weighted by Crippen LogP contribution is 2.26. The van der Waals surface area contributed by atoms with Crippen molar-refractivity contribution in [3.8, 4) is 11.3 Å². The number of hydrogen-bond donors (Lipinski definition) is 1. The van der Waals surface area contributed by atoms with Crippen molar-refractivity contribution in [2.75, 3.05) is 0 Å². The van der Waals surface area contributed by atoms with E-state index in [2.05, 4.69) is 26.3 Å². The van der Waals surface area contributed by atoms with Crippen LogP contribution in [-0.2, 0) is 17.9 Å². The topological polar surface area (TPSA) is 60.1 Å². The highest BCUT2D eigenvalue weighted by molar-refractivity contribution is 9.10. The van der Waals surface area contributed by atoms with E-state index >= 15 is 0 Å². The van der Waals surface area contributed by atoms with Crippen LogP contribution in [-0.4, -0.2) is 15.7 Å². The van der Waals surface area contributed by atoms with Crippen LogP contribution in [0, 0.1) is 6.92 Å². The molecule has 0 bridgehead atoms. The van der Waals surface area contributed by atoms with Crippen LogP contribution in [0.5, 0.6) is 0 Å². The second-order valence-corrected chi connectivity index (χ2v) is 6.10. The molecule has 0 spiro atoms. The second kappa shape index (κ2) is 6.83. The number of rotatable bonds is 5. The molecule has 0 radical (unpaired) electrons. The largest absolute Gasteiger partial charge is 0.467 e. The Morgan fingerprint density at radius 2 is 2.09 bits per heavy atom. The van der Waals surface area contributed by atoms with Gasteiger partial charge in [-0.15, -0.1) is 0 Å². The first kappa shape index (κ1) is 15.6. The Hall–Kier alpha value is -2.34. The van der Waals surface area contributed by atoms with Crippen LogP contribution in [0.2, 0.25) is 0 Å². The molecule has 118 valence electrons. The summed E-state index contributed by atoms with van der Waals surface area (Å²) in [4.78, 5) is 12.0. The molecule has 23 heavy (non-hydrogen) atoms. The van der Waals surface area contributed by atoms with Gasteiger partial charge in [-0.25, -0.2) is 0 Å². The van der Waals surface area contributed by atoms with Crippen molar-refractivity contribution in [1.29, 1.82) is 0 Å². The third kappa shape index (κ3) is 3.90. The minimum atomic E-state index is -0.119. The third-order valence-electron chi connectivity index (χ3n) is 3.39. The molecule has 0 aliphatic carbocycles. The van der Waals surface area contributed by atoms with Gasteiger partial charge in [0, 0.05) is 11.8 Å². The number of carbonyl (C=O) groups excluding carboxylic acids is 1. The van der Waals surface area contributed by atoms with E-state index in [1.165, 1.54) is 5.56 Å². The number of halogens is 1. The summed E-state index contributed by atoms with van der Waals surface area (Å²) in [6.45, 7) is 2.57. The summed E-state index contributed by atoms with van der Waals surface area (Å²) < 4.78 is 7.66. The fourth-order valence-electron chi connectivity index (χ4n) is 2.19. The number of nitrogens with one attached hydrogen (secondary N) is 1. The zero-order valence-corrected chi connectivity index (χ0v) is 14.2. The van der Waals surface area contributed by atoms with E-state index in [9.17, 15) is 4.79 Å². The summed E-state index contributed by atoms with van der Waals surface area (Å²) in [7, 11) is 0. The van der Waals surface area contributed by atoms with Crippen LogP contribution in [0.3, 0.4) is 0 Å². The molecule has 2 aromatic heterocycles. The maximum Gasteiger partial charge on any atom is 0.242 e. The van der Waals surface area contributed by atoms with Gasteiger partial charge in [0.2, 0.25) is 5.91 Å². The number of hydrogen-bond acceptors (Lipinski definition) is 3. The molecule has 0 aliphatic heterocycles.